The lowest BCUT2D eigenvalue weighted by Gasteiger charge is -2.38. The summed E-state index contributed by atoms with van der Waals surface area (Å²) < 4.78 is 2.08. The fraction of sp³-hybridized carbons (Fsp3) is 0.409. The molecule has 31 heavy (non-hydrogen) atoms. The monoisotopic (exact) mass is 420 g/mol. The van der Waals surface area contributed by atoms with Crippen LogP contribution < -0.4 is 15.8 Å². The molecule has 2 heterocycles. The Hall–Kier alpha value is -3.49. The number of hydrazine groups is 1. The van der Waals surface area contributed by atoms with Crippen molar-refractivity contribution in [1.82, 2.24) is 25.5 Å². The Kier molecular flexibility index (Phi) is 4.80. The van der Waals surface area contributed by atoms with Gasteiger partial charge in [0.1, 0.15) is 5.82 Å². The van der Waals surface area contributed by atoms with E-state index in [1.54, 1.807) is 24.3 Å². The molecule has 2 atom stereocenters. The van der Waals surface area contributed by atoms with Crippen molar-refractivity contribution >= 4 is 23.4 Å². The molecule has 160 valence electrons. The maximum atomic E-state index is 13.0. The zero-order chi connectivity index (χ0) is 21.5. The molecule has 3 amide bonds. The first kappa shape index (κ1) is 19.5. The zero-order valence-electron chi connectivity index (χ0n) is 17.2. The second kappa shape index (κ2) is 7.64. The van der Waals surface area contributed by atoms with Crippen molar-refractivity contribution < 1.29 is 14.4 Å². The number of fused-ring (bicyclic) bond motifs is 1. The van der Waals surface area contributed by atoms with Crippen LogP contribution in [-0.4, -0.2) is 32.5 Å². The topological polar surface area (TPSA) is 109 Å². The highest BCUT2D eigenvalue weighted by atomic mass is 16.2. The summed E-state index contributed by atoms with van der Waals surface area (Å²) in [5.41, 5.74) is 3.56. The Labute approximate surface area is 179 Å². The van der Waals surface area contributed by atoms with Gasteiger partial charge < -0.3 is 9.88 Å². The standard InChI is InChI=1S/C22H24N6O3/c1-13-24-25-19(27(13)15-9-10-15)12-23-20(29)14-5-4-6-16(11-14)28-22(31)18-8-3-2-7-17(18)21(30)26-28/h2-6,11,15,17-18H,7-10,12H2,1H3,(H,23,29)(H,26,30). The van der Waals surface area contributed by atoms with Gasteiger partial charge in [0.2, 0.25) is 11.8 Å². The van der Waals surface area contributed by atoms with E-state index in [4.69, 9.17) is 0 Å². The van der Waals surface area contributed by atoms with Crippen molar-refractivity contribution in [3.63, 3.8) is 0 Å². The van der Waals surface area contributed by atoms with Crippen molar-refractivity contribution in [3.8, 4) is 0 Å². The van der Waals surface area contributed by atoms with Crippen molar-refractivity contribution in [2.24, 2.45) is 11.8 Å². The average Bonchev–Trinajstić information content (AvgIpc) is 3.56. The lowest BCUT2D eigenvalue weighted by atomic mass is 9.80. The Bertz CT molecular complexity index is 1090. The molecule has 9 nitrogen and oxygen atoms in total. The molecule has 1 aliphatic heterocycles. The molecule has 2 aromatic rings. The van der Waals surface area contributed by atoms with Crippen LogP contribution in [0.5, 0.6) is 0 Å². The number of aromatic nitrogens is 3. The first-order valence-electron chi connectivity index (χ1n) is 10.6. The third-order valence-corrected chi connectivity index (χ3v) is 6.15. The summed E-state index contributed by atoms with van der Waals surface area (Å²) in [5.74, 6) is 0.293. The minimum atomic E-state index is -0.367. The summed E-state index contributed by atoms with van der Waals surface area (Å²) in [6, 6.07) is 7.13. The quantitative estimate of drug-likeness (QED) is 0.717. The molecule has 2 N–H and O–H groups in total. The predicted molar refractivity (Wildman–Crippen MR) is 112 cm³/mol. The highest BCUT2D eigenvalue weighted by molar-refractivity contribution is 6.05. The van der Waals surface area contributed by atoms with Crippen LogP contribution in [0.15, 0.2) is 36.4 Å². The van der Waals surface area contributed by atoms with Gasteiger partial charge in [-0.05, 0) is 50.8 Å². The summed E-state index contributed by atoms with van der Waals surface area (Å²) in [6.45, 7) is 2.19. The fourth-order valence-electron chi connectivity index (χ4n) is 4.37. The number of amides is 3. The van der Waals surface area contributed by atoms with Crippen LogP contribution >= 0.6 is 0 Å². The minimum Gasteiger partial charge on any atom is -0.345 e. The largest absolute Gasteiger partial charge is 0.345 e. The maximum absolute atomic E-state index is 13.0. The van der Waals surface area contributed by atoms with Gasteiger partial charge in [0.15, 0.2) is 5.82 Å². The van der Waals surface area contributed by atoms with Gasteiger partial charge in [-0.15, -0.1) is 10.2 Å². The van der Waals surface area contributed by atoms with Crippen molar-refractivity contribution in [2.75, 3.05) is 5.01 Å². The number of aryl methyl sites for hydroxylation is 1. The molecule has 5 rings (SSSR count). The number of anilines is 1. The van der Waals surface area contributed by atoms with E-state index in [2.05, 4.69) is 25.5 Å². The van der Waals surface area contributed by atoms with Gasteiger partial charge in [0.25, 0.3) is 5.91 Å². The predicted octanol–water partition coefficient (Wildman–Crippen LogP) is 1.81. The van der Waals surface area contributed by atoms with E-state index in [9.17, 15) is 14.4 Å². The van der Waals surface area contributed by atoms with Crippen molar-refractivity contribution in [1.29, 1.82) is 0 Å². The minimum absolute atomic E-state index is 0.153. The van der Waals surface area contributed by atoms with E-state index in [-0.39, 0.29) is 36.1 Å². The first-order valence-corrected chi connectivity index (χ1v) is 10.6. The molecule has 1 saturated carbocycles. The van der Waals surface area contributed by atoms with E-state index in [1.807, 2.05) is 19.1 Å². The molecule has 0 bridgehead atoms. The van der Waals surface area contributed by atoms with Gasteiger partial charge in [0, 0.05) is 11.6 Å². The third kappa shape index (κ3) is 3.60. The van der Waals surface area contributed by atoms with Crippen molar-refractivity contribution in [3.05, 3.63) is 53.6 Å². The Morgan fingerprint density at radius 2 is 1.94 bits per heavy atom. The number of carbonyl (C=O) groups is 3. The van der Waals surface area contributed by atoms with E-state index in [0.29, 0.717) is 30.1 Å². The van der Waals surface area contributed by atoms with Crippen LogP contribution in [0, 0.1) is 18.8 Å². The average molecular weight is 420 g/mol. The van der Waals surface area contributed by atoms with Gasteiger partial charge in [-0.2, -0.15) is 0 Å². The summed E-state index contributed by atoms with van der Waals surface area (Å²) >= 11 is 0. The number of benzene rings is 1. The van der Waals surface area contributed by atoms with Crippen LogP contribution in [0.25, 0.3) is 0 Å². The van der Waals surface area contributed by atoms with Gasteiger partial charge in [-0.1, -0.05) is 18.2 Å². The molecular formula is C22H24N6O3. The second-order valence-corrected chi connectivity index (χ2v) is 8.30. The summed E-state index contributed by atoms with van der Waals surface area (Å²) in [5, 5.41) is 12.5. The molecule has 1 aromatic carbocycles. The van der Waals surface area contributed by atoms with E-state index in [0.717, 1.165) is 24.5 Å². The smallest absolute Gasteiger partial charge is 0.251 e. The third-order valence-electron chi connectivity index (χ3n) is 6.15. The Morgan fingerprint density at radius 3 is 2.71 bits per heavy atom. The van der Waals surface area contributed by atoms with Crippen LogP contribution in [0.4, 0.5) is 5.69 Å². The van der Waals surface area contributed by atoms with Crippen LogP contribution in [0.3, 0.4) is 0 Å². The Morgan fingerprint density at radius 1 is 1.16 bits per heavy atom. The van der Waals surface area contributed by atoms with Crippen LogP contribution in [0.1, 0.15) is 53.7 Å². The highest BCUT2D eigenvalue weighted by Crippen LogP contribution is 2.36. The molecule has 2 fully saturated rings. The lowest BCUT2D eigenvalue weighted by molar-refractivity contribution is -0.139. The van der Waals surface area contributed by atoms with E-state index < -0.39 is 0 Å². The van der Waals surface area contributed by atoms with Gasteiger partial charge >= 0.3 is 0 Å². The lowest BCUT2D eigenvalue weighted by Crippen LogP contribution is -2.59. The summed E-state index contributed by atoms with van der Waals surface area (Å²) in [7, 11) is 0. The number of nitrogens with one attached hydrogen (secondary N) is 2. The number of allylic oxidation sites excluding steroid dienone is 2. The van der Waals surface area contributed by atoms with Gasteiger partial charge in [0.05, 0.1) is 24.1 Å². The second-order valence-electron chi connectivity index (χ2n) is 8.30. The Balaban J connectivity index is 1.31. The molecule has 9 heteroatoms. The molecule has 0 spiro atoms. The molecule has 2 aliphatic carbocycles. The fourth-order valence-corrected chi connectivity index (χ4v) is 4.37. The number of nitrogens with zero attached hydrogens (tertiary/aromatic N) is 4. The van der Waals surface area contributed by atoms with Gasteiger partial charge in [-0.25, -0.2) is 5.01 Å². The highest BCUT2D eigenvalue weighted by Gasteiger charge is 2.42. The first-order chi connectivity index (χ1) is 15.0. The zero-order valence-corrected chi connectivity index (χ0v) is 17.2. The molecule has 1 saturated heterocycles. The molecule has 0 radical (unpaired) electrons. The molecule has 3 aliphatic rings. The normalized spacial score (nSPS) is 22.8. The number of rotatable bonds is 5. The van der Waals surface area contributed by atoms with Crippen molar-refractivity contribution in [2.45, 2.75) is 45.2 Å². The van der Waals surface area contributed by atoms with Crippen LogP contribution in [-0.2, 0) is 16.1 Å². The molecular weight excluding hydrogens is 396 g/mol. The summed E-state index contributed by atoms with van der Waals surface area (Å²) in [4.78, 5) is 38.2. The van der Waals surface area contributed by atoms with E-state index >= 15 is 0 Å². The maximum Gasteiger partial charge on any atom is 0.251 e. The van der Waals surface area contributed by atoms with Crippen LogP contribution in [0.2, 0.25) is 0 Å². The number of carbonyl (C=O) groups excluding carboxylic acids is 3. The molecule has 2 unspecified atom stereocenters. The number of hydrogen-bond acceptors (Lipinski definition) is 5. The van der Waals surface area contributed by atoms with Gasteiger partial charge in [-0.3, -0.25) is 19.8 Å². The SMILES string of the molecule is Cc1nnc(CNC(=O)c2cccc(N3NC(=O)C4CC=CCC4C3=O)c2)n1C1CC1. The molecule has 1 aromatic heterocycles. The summed E-state index contributed by atoms with van der Waals surface area (Å²) in [6.07, 6.45) is 7.23. The van der Waals surface area contributed by atoms with E-state index in [1.165, 1.54) is 5.01 Å². The number of hydrogen-bond donors (Lipinski definition) is 2.